The fraction of sp³-hybridized carbons (Fsp3) is 0.300. The van der Waals surface area contributed by atoms with Crippen molar-refractivity contribution in [3.05, 3.63) is 54.9 Å². The van der Waals surface area contributed by atoms with Gasteiger partial charge in [0.2, 0.25) is 12.7 Å². The lowest BCUT2D eigenvalue weighted by Crippen LogP contribution is -2.49. The van der Waals surface area contributed by atoms with Crippen molar-refractivity contribution in [3.8, 4) is 17.3 Å². The van der Waals surface area contributed by atoms with Crippen molar-refractivity contribution in [2.24, 2.45) is 0 Å². The normalized spacial score (nSPS) is 15.6. The van der Waals surface area contributed by atoms with Gasteiger partial charge in [0, 0.05) is 44.6 Å². The molecule has 9 nitrogen and oxygen atoms in total. The summed E-state index contributed by atoms with van der Waals surface area (Å²) < 4.78 is 12.6. The molecule has 1 saturated heterocycles. The van der Waals surface area contributed by atoms with Crippen LogP contribution in [-0.4, -0.2) is 63.3 Å². The number of fused-ring (bicyclic) bond motifs is 1. The molecule has 3 aromatic rings. The number of aromatic nitrogens is 4. The Bertz CT molecular complexity index is 1010. The molecule has 0 unspecified atom stereocenters. The standard InChI is InChI=1S/C20H20N6O3/c27-20(10-15-1-2-16-17(9-15)29-14-28-16)25-7-5-24(6-8-25)18-11-19(23-12-22-18)26-4-3-21-13-26/h1-4,9,11-13H,5-8,10,14H2. The van der Waals surface area contributed by atoms with E-state index in [1.54, 1.807) is 18.9 Å². The van der Waals surface area contributed by atoms with Crippen molar-refractivity contribution in [3.63, 3.8) is 0 Å². The Labute approximate surface area is 167 Å². The first-order chi connectivity index (χ1) is 14.3. The summed E-state index contributed by atoms with van der Waals surface area (Å²) in [6.45, 7) is 3.02. The number of carbonyl (C=O) groups excluding carboxylic acids is 1. The van der Waals surface area contributed by atoms with Gasteiger partial charge in [0.1, 0.15) is 24.3 Å². The zero-order valence-electron chi connectivity index (χ0n) is 15.8. The number of hydrogen-bond donors (Lipinski definition) is 0. The lowest BCUT2D eigenvalue weighted by atomic mass is 10.1. The predicted octanol–water partition coefficient (Wildman–Crippen LogP) is 1.28. The molecule has 29 heavy (non-hydrogen) atoms. The first kappa shape index (κ1) is 17.5. The monoisotopic (exact) mass is 392 g/mol. The number of benzene rings is 1. The fourth-order valence-corrected chi connectivity index (χ4v) is 3.57. The highest BCUT2D eigenvalue weighted by molar-refractivity contribution is 5.79. The van der Waals surface area contributed by atoms with E-state index in [9.17, 15) is 4.79 Å². The average molecular weight is 392 g/mol. The van der Waals surface area contributed by atoms with Crippen LogP contribution in [0.25, 0.3) is 5.82 Å². The number of ether oxygens (including phenoxy) is 2. The van der Waals surface area contributed by atoms with E-state index in [2.05, 4.69) is 19.9 Å². The second-order valence-corrected chi connectivity index (χ2v) is 6.94. The maximum absolute atomic E-state index is 12.7. The lowest BCUT2D eigenvalue weighted by molar-refractivity contribution is -0.130. The highest BCUT2D eigenvalue weighted by Gasteiger charge is 2.23. The third-order valence-electron chi connectivity index (χ3n) is 5.16. The molecule has 0 N–H and O–H groups in total. The number of nitrogens with zero attached hydrogens (tertiary/aromatic N) is 6. The molecule has 2 aromatic heterocycles. The number of hydrogen-bond acceptors (Lipinski definition) is 7. The van der Waals surface area contributed by atoms with Gasteiger partial charge in [-0.05, 0) is 17.7 Å². The van der Waals surface area contributed by atoms with E-state index in [1.807, 2.05) is 39.9 Å². The van der Waals surface area contributed by atoms with Crippen LogP contribution < -0.4 is 14.4 Å². The van der Waals surface area contributed by atoms with E-state index in [-0.39, 0.29) is 12.7 Å². The van der Waals surface area contributed by atoms with Gasteiger partial charge in [0.25, 0.3) is 0 Å². The summed E-state index contributed by atoms with van der Waals surface area (Å²) in [5.41, 5.74) is 0.933. The molecule has 0 bridgehead atoms. The minimum Gasteiger partial charge on any atom is -0.454 e. The average Bonchev–Trinajstić information content (AvgIpc) is 3.46. The first-order valence-electron chi connectivity index (χ1n) is 9.48. The molecule has 0 atom stereocenters. The van der Waals surface area contributed by atoms with Gasteiger partial charge in [0.15, 0.2) is 11.5 Å². The van der Waals surface area contributed by atoms with E-state index in [0.717, 1.165) is 36.0 Å². The van der Waals surface area contributed by atoms with Gasteiger partial charge >= 0.3 is 0 Å². The van der Waals surface area contributed by atoms with Gasteiger partial charge in [-0.1, -0.05) is 6.07 Å². The third kappa shape index (κ3) is 3.58. The minimum absolute atomic E-state index is 0.116. The van der Waals surface area contributed by atoms with E-state index >= 15 is 0 Å². The van der Waals surface area contributed by atoms with Gasteiger partial charge in [-0.15, -0.1) is 0 Å². The Kier molecular flexibility index (Phi) is 4.47. The smallest absolute Gasteiger partial charge is 0.231 e. The topological polar surface area (TPSA) is 85.6 Å². The summed E-state index contributed by atoms with van der Waals surface area (Å²) in [5, 5.41) is 0. The Morgan fingerprint density at radius 1 is 1.00 bits per heavy atom. The quantitative estimate of drug-likeness (QED) is 0.661. The number of piperazine rings is 1. The highest BCUT2D eigenvalue weighted by atomic mass is 16.7. The van der Waals surface area contributed by atoms with Crippen LogP contribution in [0.1, 0.15) is 5.56 Å². The lowest BCUT2D eigenvalue weighted by Gasteiger charge is -2.35. The molecule has 5 rings (SSSR count). The summed E-state index contributed by atoms with van der Waals surface area (Å²) in [6, 6.07) is 7.59. The molecule has 2 aliphatic heterocycles. The second kappa shape index (κ2) is 7.42. The van der Waals surface area contributed by atoms with Gasteiger partial charge in [0.05, 0.1) is 6.42 Å². The zero-order chi connectivity index (χ0) is 19.6. The molecule has 2 aliphatic rings. The molecule has 0 aliphatic carbocycles. The summed E-state index contributed by atoms with van der Waals surface area (Å²) >= 11 is 0. The Hall–Kier alpha value is -3.62. The molecule has 0 spiro atoms. The van der Waals surface area contributed by atoms with Crippen molar-refractivity contribution >= 4 is 11.7 Å². The molecule has 4 heterocycles. The van der Waals surface area contributed by atoms with E-state index in [1.165, 1.54) is 0 Å². The van der Waals surface area contributed by atoms with Crippen molar-refractivity contribution in [1.29, 1.82) is 0 Å². The number of rotatable bonds is 4. The summed E-state index contributed by atoms with van der Waals surface area (Å²) in [4.78, 5) is 29.5. The van der Waals surface area contributed by atoms with E-state index < -0.39 is 0 Å². The molecule has 9 heteroatoms. The minimum atomic E-state index is 0.116. The number of carbonyl (C=O) groups is 1. The molecule has 148 valence electrons. The van der Waals surface area contributed by atoms with Crippen LogP contribution in [0.5, 0.6) is 11.5 Å². The molecular weight excluding hydrogens is 372 g/mol. The Morgan fingerprint density at radius 2 is 1.83 bits per heavy atom. The summed E-state index contributed by atoms with van der Waals surface area (Å²) in [7, 11) is 0. The zero-order valence-corrected chi connectivity index (χ0v) is 15.8. The molecule has 1 fully saturated rings. The second-order valence-electron chi connectivity index (χ2n) is 6.94. The van der Waals surface area contributed by atoms with E-state index in [4.69, 9.17) is 9.47 Å². The molecule has 1 aromatic carbocycles. The predicted molar refractivity (Wildman–Crippen MR) is 104 cm³/mol. The first-order valence-corrected chi connectivity index (χ1v) is 9.48. The van der Waals surface area contributed by atoms with Crippen molar-refractivity contribution in [2.75, 3.05) is 37.9 Å². The van der Waals surface area contributed by atoms with Crippen LogP contribution in [0.15, 0.2) is 49.3 Å². The van der Waals surface area contributed by atoms with Crippen LogP contribution in [0.2, 0.25) is 0 Å². The van der Waals surface area contributed by atoms with Crippen LogP contribution in [-0.2, 0) is 11.2 Å². The van der Waals surface area contributed by atoms with Crippen LogP contribution in [0.4, 0.5) is 5.82 Å². The highest BCUT2D eigenvalue weighted by Crippen LogP contribution is 2.32. The van der Waals surface area contributed by atoms with Crippen molar-refractivity contribution in [1.82, 2.24) is 24.4 Å². The fourth-order valence-electron chi connectivity index (χ4n) is 3.57. The Morgan fingerprint density at radius 3 is 2.66 bits per heavy atom. The van der Waals surface area contributed by atoms with Crippen LogP contribution in [0.3, 0.4) is 0 Å². The Balaban J connectivity index is 1.20. The summed E-state index contributed by atoms with van der Waals surface area (Å²) in [5.74, 6) is 3.18. The SMILES string of the molecule is O=C(Cc1ccc2c(c1)OCO2)N1CCN(c2cc(-n3ccnc3)ncn2)CC1. The van der Waals surface area contributed by atoms with Gasteiger partial charge in [-0.2, -0.15) is 0 Å². The maximum Gasteiger partial charge on any atom is 0.231 e. The molecule has 0 saturated carbocycles. The number of amides is 1. The van der Waals surface area contributed by atoms with Crippen LogP contribution >= 0.6 is 0 Å². The summed E-state index contributed by atoms with van der Waals surface area (Å²) in [6.07, 6.45) is 7.18. The van der Waals surface area contributed by atoms with E-state index in [0.29, 0.717) is 25.3 Å². The van der Waals surface area contributed by atoms with Crippen LogP contribution in [0, 0.1) is 0 Å². The molecule has 0 radical (unpaired) electrons. The van der Waals surface area contributed by atoms with Crippen molar-refractivity contribution < 1.29 is 14.3 Å². The molecular formula is C20H20N6O3. The number of imidazole rings is 1. The van der Waals surface area contributed by atoms with Crippen molar-refractivity contribution in [2.45, 2.75) is 6.42 Å². The van der Waals surface area contributed by atoms with Gasteiger partial charge in [-0.3, -0.25) is 9.36 Å². The van der Waals surface area contributed by atoms with Gasteiger partial charge in [-0.25, -0.2) is 15.0 Å². The number of anilines is 1. The largest absolute Gasteiger partial charge is 0.454 e. The third-order valence-corrected chi connectivity index (χ3v) is 5.16. The molecule has 1 amide bonds. The van der Waals surface area contributed by atoms with Gasteiger partial charge < -0.3 is 19.3 Å². The maximum atomic E-state index is 12.7.